The van der Waals surface area contributed by atoms with Crippen molar-refractivity contribution in [1.29, 1.82) is 0 Å². The summed E-state index contributed by atoms with van der Waals surface area (Å²) in [6.07, 6.45) is 6.46. The summed E-state index contributed by atoms with van der Waals surface area (Å²) in [5.41, 5.74) is 1.27. The number of pyridine rings is 2. The molecule has 1 saturated heterocycles. The van der Waals surface area contributed by atoms with Gasteiger partial charge >= 0.3 is 6.09 Å². The summed E-state index contributed by atoms with van der Waals surface area (Å²) in [7, 11) is 1.60. The van der Waals surface area contributed by atoms with Gasteiger partial charge in [0.05, 0.1) is 12.6 Å². The Hall–Kier alpha value is -3.73. The topological polar surface area (TPSA) is 148 Å². The molecule has 1 fully saturated rings. The van der Waals surface area contributed by atoms with Crippen LogP contribution in [0.5, 0.6) is 0 Å². The van der Waals surface area contributed by atoms with Gasteiger partial charge < -0.3 is 14.8 Å². The Morgan fingerprint density at radius 1 is 1.17 bits per heavy atom. The molecule has 1 atom stereocenters. The van der Waals surface area contributed by atoms with Gasteiger partial charge in [-0.1, -0.05) is 19.8 Å². The number of Topliss-reactive ketones (excluding diaryl/α,β-unsaturated/α-hetero) is 1. The van der Waals surface area contributed by atoms with Gasteiger partial charge in [0.25, 0.3) is 5.89 Å². The molecule has 2 N–H and O–H groups in total. The summed E-state index contributed by atoms with van der Waals surface area (Å²) in [5, 5.41) is 21.5. The molecule has 0 radical (unpaired) electrons. The normalized spacial score (nSPS) is 20.0. The predicted octanol–water partition coefficient (Wildman–Crippen LogP) is 3.52. The number of aromatic nitrogens is 4. The minimum Gasteiger partial charge on any atom is -0.435 e. The Morgan fingerprint density at radius 3 is 2.72 bits per heavy atom. The van der Waals surface area contributed by atoms with Crippen LogP contribution in [0.2, 0.25) is 0 Å². The van der Waals surface area contributed by atoms with Crippen molar-refractivity contribution in [2.75, 3.05) is 20.1 Å². The molecule has 1 aliphatic rings. The number of nitrogens with zero attached hydrogens (tertiary/aromatic N) is 5. The molecule has 190 valence electrons. The first-order chi connectivity index (χ1) is 17.3. The number of ketones is 1. The second kappa shape index (κ2) is 10.9. The molecule has 0 unspecified atom stereocenters. The number of carboxylic acid groups (broad SMARTS) is 1. The van der Waals surface area contributed by atoms with E-state index in [2.05, 4.69) is 25.5 Å². The molecule has 2 amide bonds. The van der Waals surface area contributed by atoms with Gasteiger partial charge in [-0.05, 0) is 31.0 Å². The lowest BCUT2D eigenvalue weighted by atomic mass is 9.95. The molecule has 3 aromatic rings. The standard InChI is InChI=1S/C25H30N6O5/c1-3-18(32)7-5-4-6-8-20(28-22(33)17-14-31(2,15-17)25(34)35)23-29-30-24(36-23)21-10-9-16-13-26-12-11-19(16)27-21/h9-13,17,20H,3-8,14-15H2,1-2H3,(H-,28,33,34,35)/p+1/t17?,20-,31?/m0/s1. The smallest absolute Gasteiger partial charge is 0.435 e. The number of nitrogens with one attached hydrogen (secondary N) is 1. The summed E-state index contributed by atoms with van der Waals surface area (Å²) in [4.78, 5) is 44.5. The van der Waals surface area contributed by atoms with Crippen LogP contribution in [0.15, 0.2) is 35.0 Å². The van der Waals surface area contributed by atoms with Crippen molar-refractivity contribution >= 4 is 28.7 Å². The molecule has 36 heavy (non-hydrogen) atoms. The number of likely N-dealkylation sites (tertiary alicyclic amines) is 1. The second-order valence-corrected chi connectivity index (χ2v) is 9.50. The monoisotopic (exact) mass is 495 g/mol. The molecule has 11 nitrogen and oxygen atoms in total. The van der Waals surface area contributed by atoms with Crippen molar-refractivity contribution in [2.24, 2.45) is 5.92 Å². The maximum Gasteiger partial charge on any atom is 0.513 e. The molecular formula is C25H31N6O5+. The highest BCUT2D eigenvalue weighted by Crippen LogP contribution is 2.28. The van der Waals surface area contributed by atoms with Gasteiger partial charge in [-0.15, -0.1) is 10.2 Å². The van der Waals surface area contributed by atoms with E-state index < -0.39 is 18.1 Å². The fourth-order valence-electron chi connectivity index (χ4n) is 4.38. The fourth-order valence-corrected chi connectivity index (χ4v) is 4.38. The molecule has 0 bridgehead atoms. The first-order valence-electron chi connectivity index (χ1n) is 12.2. The van der Waals surface area contributed by atoms with Crippen molar-refractivity contribution < 1.29 is 28.4 Å². The van der Waals surface area contributed by atoms with Gasteiger partial charge in [0.2, 0.25) is 11.8 Å². The lowest BCUT2D eigenvalue weighted by Gasteiger charge is -2.41. The van der Waals surface area contributed by atoms with Crippen molar-refractivity contribution in [3.8, 4) is 11.6 Å². The fraction of sp³-hybridized carbons (Fsp3) is 0.480. The number of carbonyl (C=O) groups is 3. The number of amides is 2. The quantitative estimate of drug-likeness (QED) is 0.301. The number of unbranched alkanes of at least 4 members (excludes halogenated alkanes) is 2. The Bertz CT molecular complexity index is 1250. The van der Waals surface area contributed by atoms with Crippen LogP contribution >= 0.6 is 0 Å². The predicted molar refractivity (Wildman–Crippen MR) is 130 cm³/mol. The van der Waals surface area contributed by atoms with Crippen LogP contribution in [0.4, 0.5) is 4.79 Å². The van der Waals surface area contributed by atoms with Crippen molar-refractivity contribution in [1.82, 2.24) is 25.5 Å². The lowest BCUT2D eigenvalue weighted by molar-refractivity contribution is -0.884. The van der Waals surface area contributed by atoms with Gasteiger partial charge in [-0.2, -0.15) is 4.79 Å². The lowest BCUT2D eigenvalue weighted by Crippen LogP contribution is -2.67. The number of fused-ring (bicyclic) bond motifs is 1. The summed E-state index contributed by atoms with van der Waals surface area (Å²) >= 11 is 0. The van der Waals surface area contributed by atoms with E-state index in [9.17, 15) is 19.5 Å². The van der Waals surface area contributed by atoms with Crippen LogP contribution in [0.25, 0.3) is 22.5 Å². The summed E-state index contributed by atoms with van der Waals surface area (Å²) in [6, 6.07) is 4.93. The van der Waals surface area contributed by atoms with E-state index in [0.717, 1.165) is 30.2 Å². The SMILES string of the molecule is CCC(=O)CCCCC[C@H](NC(=O)C1C[N+](C)(C(=O)O)C1)c1nnc(-c2ccc3cnccc3n2)o1. The Morgan fingerprint density at radius 2 is 1.97 bits per heavy atom. The average molecular weight is 496 g/mol. The molecule has 1 aliphatic heterocycles. The van der Waals surface area contributed by atoms with Gasteiger partial charge in [0.1, 0.15) is 36.5 Å². The zero-order valence-corrected chi connectivity index (χ0v) is 20.5. The summed E-state index contributed by atoms with van der Waals surface area (Å²) in [6.45, 7) is 2.33. The van der Waals surface area contributed by atoms with Crippen LogP contribution in [0.1, 0.15) is 57.4 Å². The van der Waals surface area contributed by atoms with Crippen molar-refractivity contribution in [3.63, 3.8) is 0 Å². The molecule has 0 aliphatic carbocycles. The highest BCUT2D eigenvalue weighted by atomic mass is 16.4. The van der Waals surface area contributed by atoms with Crippen LogP contribution < -0.4 is 5.32 Å². The number of carbonyl (C=O) groups excluding carboxylic acids is 2. The molecule has 0 aromatic carbocycles. The highest BCUT2D eigenvalue weighted by Gasteiger charge is 2.50. The second-order valence-electron chi connectivity index (χ2n) is 9.50. The first-order valence-corrected chi connectivity index (χ1v) is 12.2. The van der Waals surface area contributed by atoms with E-state index in [0.29, 0.717) is 25.0 Å². The number of rotatable bonds is 11. The molecule has 4 heterocycles. The zero-order chi connectivity index (χ0) is 25.7. The average Bonchev–Trinajstić information content (AvgIpc) is 3.35. The van der Waals surface area contributed by atoms with Crippen LogP contribution in [0, 0.1) is 5.92 Å². The van der Waals surface area contributed by atoms with E-state index in [1.807, 2.05) is 13.0 Å². The van der Waals surface area contributed by atoms with E-state index in [4.69, 9.17) is 4.42 Å². The van der Waals surface area contributed by atoms with Gasteiger partial charge in [-0.3, -0.25) is 14.6 Å². The molecule has 3 aromatic heterocycles. The summed E-state index contributed by atoms with van der Waals surface area (Å²) < 4.78 is 5.76. The van der Waals surface area contributed by atoms with E-state index in [-0.39, 0.29) is 41.0 Å². The van der Waals surface area contributed by atoms with Crippen molar-refractivity contribution in [3.05, 3.63) is 36.5 Å². The molecule has 0 saturated carbocycles. The number of hydrogen-bond donors (Lipinski definition) is 2. The van der Waals surface area contributed by atoms with Crippen LogP contribution in [-0.4, -0.2) is 67.7 Å². The summed E-state index contributed by atoms with van der Waals surface area (Å²) in [5.74, 6) is 0.136. The molecular weight excluding hydrogens is 464 g/mol. The first kappa shape index (κ1) is 25.4. The highest BCUT2D eigenvalue weighted by molar-refractivity contribution is 5.81. The zero-order valence-electron chi connectivity index (χ0n) is 20.5. The minimum atomic E-state index is -0.947. The third-order valence-corrected chi connectivity index (χ3v) is 6.69. The minimum absolute atomic E-state index is 0.179. The van der Waals surface area contributed by atoms with Crippen molar-refractivity contribution in [2.45, 2.75) is 51.5 Å². The Labute approximate surface area is 208 Å². The largest absolute Gasteiger partial charge is 0.513 e. The van der Waals surface area contributed by atoms with Gasteiger partial charge in [-0.25, -0.2) is 9.47 Å². The van der Waals surface area contributed by atoms with Gasteiger partial charge in [0, 0.05) is 30.6 Å². The van der Waals surface area contributed by atoms with Crippen LogP contribution in [-0.2, 0) is 9.59 Å². The van der Waals surface area contributed by atoms with Crippen LogP contribution in [0.3, 0.4) is 0 Å². The van der Waals surface area contributed by atoms with E-state index in [1.54, 1.807) is 31.6 Å². The van der Waals surface area contributed by atoms with E-state index >= 15 is 0 Å². The molecule has 4 rings (SSSR count). The molecule has 11 heteroatoms. The maximum atomic E-state index is 12.9. The van der Waals surface area contributed by atoms with E-state index in [1.165, 1.54) is 0 Å². The maximum absolute atomic E-state index is 12.9. The third kappa shape index (κ3) is 5.73. The Kier molecular flexibility index (Phi) is 7.68. The number of quaternary nitrogens is 1. The Balaban J connectivity index is 1.45. The van der Waals surface area contributed by atoms with Gasteiger partial charge in [0.15, 0.2) is 0 Å². The third-order valence-electron chi connectivity index (χ3n) is 6.69. The number of hydrogen-bond acceptors (Lipinski definition) is 8. The molecule has 0 spiro atoms.